The van der Waals surface area contributed by atoms with Gasteiger partial charge in [-0.25, -0.2) is 14.5 Å². The number of pyridine rings is 1. The van der Waals surface area contributed by atoms with Crippen LogP contribution in [0.2, 0.25) is 0 Å². The second kappa shape index (κ2) is 3.88. The highest BCUT2D eigenvalue weighted by Crippen LogP contribution is 2.30. The van der Waals surface area contributed by atoms with E-state index in [4.69, 9.17) is 0 Å². The lowest BCUT2D eigenvalue weighted by molar-refractivity contribution is 0.895. The molecular formula is C15H14N4. The average molecular weight is 250 g/mol. The molecule has 0 saturated carbocycles. The van der Waals surface area contributed by atoms with Crippen LogP contribution in [0.3, 0.4) is 0 Å². The minimum atomic E-state index is 0.847. The van der Waals surface area contributed by atoms with Crippen LogP contribution in [-0.2, 0) is 12.8 Å². The standard InChI is InChI=1S/C15H14N4/c1-10-17-13-6-3-5-12(13)15(18-10)14-7-2-4-11-8-9-16-19(11)14/h2,4,7-9H,3,5-6H2,1H3. The fourth-order valence-corrected chi connectivity index (χ4v) is 2.90. The van der Waals surface area contributed by atoms with E-state index in [1.54, 1.807) is 0 Å². The van der Waals surface area contributed by atoms with E-state index in [0.29, 0.717) is 0 Å². The number of fused-ring (bicyclic) bond motifs is 2. The molecule has 0 saturated heterocycles. The van der Waals surface area contributed by atoms with Crippen molar-refractivity contribution in [1.29, 1.82) is 0 Å². The minimum Gasteiger partial charge on any atom is -0.238 e. The molecule has 1 aliphatic carbocycles. The van der Waals surface area contributed by atoms with Gasteiger partial charge in [0.05, 0.1) is 23.1 Å². The summed E-state index contributed by atoms with van der Waals surface area (Å²) in [5, 5.41) is 4.41. The summed E-state index contributed by atoms with van der Waals surface area (Å²) in [6.45, 7) is 1.96. The molecule has 0 atom stereocenters. The zero-order valence-electron chi connectivity index (χ0n) is 10.8. The molecule has 1 aliphatic rings. The van der Waals surface area contributed by atoms with Crippen molar-refractivity contribution >= 4 is 5.52 Å². The fraction of sp³-hybridized carbons (Fsp3) is 0.267. The molecule has 19 heavy (non-hydrogen) atoms. The third-order valence-electron chi connectivity index (χ3n) is 3.71. The van der Waals surface area contributed by atoms with Crippen LogP contribution in [0, 0.1) is 6.92 Å². The molecule has 3 aromatic rings. The predicted molar refractivity (Wildman–Crippen MR) is 73.0 cm³/mol. The van der Waals surface area contributed by atoms with Crippen LogP contribution in [0.4, 0.5) is 0 Å². The summed E-state index contributed by atoms with van der Waals surface area (Å²) in [4.78, 5) is 9.24. The van der Waals surface area contributed by atoms with E-state index >= 15 is 0 Å². The Morgan fingerprint density at radius 3 is 3.00 bits per heavy atom. The van der Waals surface area contributed by atoms with Gasteiger partial charge in [0.2, 0.25) is 0 Å². The molecule has 0 spiro atoms. The van der Waals surface area contributed by atoms with Crippen molar-refractivity contribution in [3.8, 4) is 11.4 Å². The number of aryl methyl sites for hydroxylation is 2. The van der Waals surface area contributed by atoms with Gasteiger partial charge in [-0.05, 0) is 44.4 Å². The topological polar surface area (TPSA) is 43.1 Å². The molecule has 4 heteroatoms. The summed E-state index contributed by atoms with van der Waals surface area (Å²) in [5.41, 5.74) is 5.72. The van der Waals surface area contributed by atoms with E-state index in [0.717, 1.165) is 35.6 Å². The van der Waals surface area contributed by atoms with Crippen molar-refractivity contribution in [2.24, 2.45) is 0 Å². The molecule has 3 heterocycles. The van der Waals surface area contributed by atoms with E-state index in [1.807, 2.05) is 23.7 Å². The summed E-state index contributed by atoms with van der Waals surface area (Å²) >= 11 is 0. The number of hydrogen-bond donors (Lipinski definition) is 0. The molecule has 3 aromatic heterocycles. The molecular weight excluding hydrogens is 236 g/mol. The maximum atomic E-state index is 4.67. The van der Waals surface area contributed by atoms with Crippen molar-refractivity contribution in [2.45, 2.75) is 26.2 Å². The van der Waals surface area contributed by atoms with Crippen molar-refractivity contribution in [2.75, 3.05) is 0 Å². The third kappa shape index (κ3) is 1.56. The monoisotopic (exact) mass is 250 g/mol. The largest absolute Gasteiger partial charge is 0.238 e. The Morgan fingerprint density at radius 2 is 2.05 bits per heavy atom. The van der Waals surface area contributed by atoms with Gasteiger partial charge in [0, 0.05) is 11.3 Å². The first-order valence-electron chi connectivity index (χ1n) is 6.62. The summed E-state index contributed by atoms with van der Waals surface area (Å²) in [5.74, 6) is 0.847. The fourth-order valence-electron chi connectivity index (χ4n) is 2.90. The minimum absolute atomic E-state index is 0.847. The first-order valence-corrected chi connectivity index (χ1v) is 6.62. The Labute approximate surface area is 111 Å². The van der Waals surface area contributed by atoms with Gasteiger partial charge in [-0.15, -0.1) is 0 Å². The third-order valence-corrected chi connectivity index (χ3v) is 3.71. The summed E-state index contributed by atoms with van der Waals surface area (Å²) < 4.78 is 1.96. The highest BCUT2D eigenvalue weighted by Gasteiger charge is 2.20. The van der Waals surface area contributed by atoms with Crippen LogP contribution in [0.25, 0.3) is 16.9 Å². The Hall–Kier alpha value is -2.23. The van der Waals surface area contributed by atoms with Crippen LogP contribution in [-0.4, -0.2) is 19.6 Å². The number of aromatic nitrogens is 4. The Balaban J connectivity index is 2.05. The van der Waals surface area contributed by atoms with Crippen molar-refractivity contribution in [3.05, 3.63) is 47.5 Å². The molecule has 0 fully saturated rings. The molecule has 0 N–H and O–H groups in total. The molecule has 0 aliphatic heterocycles. The van der Waals surface area contributed by atoms with E-state index in [1.165, 1.54) is 17.7 Å². The van der Waals surface area contributed by atoms with Crippen LogP contribution < -0.4 is 0 Å². The lowest BCUT2D eigenvalue weighted by Gasteiger charge is -2.10. The Bertz CT molecular complexity index is 773. The maximum absolute atomic E-state index is 4.67. The molecule has 4 nitrogen and oxygen atoms in total. The smallest absolute Gasteiger partial charge is 0.126 e. The number of rotatable bonds is 1. The van der Waals surface area contributed by atoms with Crippen molar-refractivity contribution in [1.82, 2.24) is 19.6 Å². The van der Waals surface area contributed by atoms with Gasteiger partial charge in [-0.2, -0.15) is 5.10 Å². The van der Waals surface area contributed by atoms with Gasteiger partial charge in [0.15, 0.2) is 0 Å². The van der Waals surface area contributed by atoms with E-state index in [2.05, 4.69) is 33.3 Å². The van der Waals surface area contributed by atoms with Gasteiger partial charge in [-0.3, -0.25) is 0 Å². The molecule has 0 radical (unpaired) electrons. The van der Waals surface area contributed by atoms with E-state index < -0.39 is 0 Å². The lowest BCUT2D eigenvalue weighted by atomic mass is 10.1. The Morgan fingerprint density at radius 1 is 1.11 bits per heavy atom. The lowest BCUT2D eigenvalue weighted by Crippen LogP contribution is -2.03. The highest BCUT2D eigenvalue weighted by atomic mass is 15.2. The average Bonchev–Trinajstić information content (AvgIpc) is 3.04. The van der Waals surface area contributed by atoms with E-state index in [-0.39, 0.29) is 0 Å². The van der Waals surface area contributed by atoms with Gasteiger partial charge in [0.25, 0.3) is 0 Å². The summed E-state index contributed by atoms with van der Waals surface area (Å²) in [6, 6.07) is 8.22. The highest BCUT2D eigenvalue weighted by molar-refractivity contribution is 5.65. The second-order valence-corrected chi connectivity index (χ2v) is 4.98. The van der Waals surface area contributed by atoms with Gasteiger partial charge >= 0.3 is 0 Å². The number of hydrogen-bond acceptors (Lipinski definition) is 3. The number of nitrogens with zero attached hydrogens (tertiary/aromatic N) is 4. The molecule has 0 unspecified atom stereocenters. The molecule has 0 bridgehead atoms. The zero-order chi connectivity index (χ0) is 12.8. The normalized spacial score (nSPS) is 13.9. The van der Waals surface area contributed by atoms with Crippen LogP contribution in [0.5, 0.6) is 0 Å². The van der Waals surface area contributed by atoms with Crippen molar-refractivity contribution in [3.63, 3.8) is 0 Å². The van der Waals surface area contributed by atoms with Gasteiger partial charge in [-0.1, -0.05) is 6.07 Å². The van der Waals surface area contributed by atoms with Gasteiger partial charge in [0.1, 0.15) is 5.82 Å². The molecule has 0 aromatic carbocycles. The van der Waals surface area contributed by atoms with Crippen LogP contribution in [0.1, 0.15) is 23.5 Å². The van der Waals surface area contributed by atoms with E-state index in [9.17, 15) is 0 Å². The molecule has 4 rings (SSSR count). The summed E-state index contributed by atoms with van der Waals surface area (Å²) in [6.07, 6.45) is 5.14. The van der Waals surface area contributed by atoms with Crippen LogP contribution >= 0.6 is 0 Å². The van der Waals surface area contributed by atoms with Crippen LogP contribution in [0.15, 0.2) is 30.5 Å². The second-order valence-electron chi connectivity index (χ2n) is 4.98. The molecule has 0 amide bonds. The zero-order valence-corrected chi connectivity index (χ0v) is 10.8. The molecule has 94 valence electrons. The Kier molecular flexibility index (Phi) is 2.18. The quantitative estimate of drug-likeness (QED) is 0.666. The summed E-state index contributed by atoms with van der Waals surface area (Å²) in [7, 11) is 0. The predicted octanol–water partition coefficient (Wildman–Crippen LogP) is 2.59. The SMILES string of the molecule is Cc1nc2c(c(-c3cccc4ccnn34)n1)CCC2. The van der Waals surface area contributed by atoms with Crippen molar-refractivity contribution < 1.29 is 0 Å². The first kappa shape index (κ1) is 10.7. The van der Waals surface area contributed by atoms with Gasteiger partial charge < -0.3 is 0 Å². The maximum Gasteiger partial charge on any atom is 0.126 e. The first-order chi connectivity index (χ1) is 9.33.